The number of aryl methyl sites for hydroxylation is 1. The van der Waals surface area contributed by atoms with Crippen LogP contribution in [0.1, 0.15) is 38.2 Å². The van der Waals surface area contributed by atoms with Crippen LogP contribution in [0.4, 0.5) is 11.6 Å². The van der Waals surface area contributed by atoms with E-state index in [9.17, 15) is 8.42 Å². The molecule has 1 aromatic heterocycles. The van der Waals surface area contributed by atoms with Crippen LogP contribution in [-0.2, 0) is 10.0 Å². The quantitative estimate of drug-likeness (QED) is 0.728. The first-order valence-corrected chi connectivity index (χ1v) is 12.3. The van der Waals surface area contributed by atoms with Gasteiger partial charge in [-0.2, -0.15) is 4.31 Å². The maximum absolute atomic E-state index is 12.9. The second-order valence-corrected chi connectivity index (χ2v) is 10.1. The molecule has 30 heavy (non-hydrogen) atoms. The standard InChI is InChI=1S/C22H31N5O2S/c1-3-19-8-4-5-12-27(19)22-11-10-21(23-24-22)25-13-15-26(16-14-25)30(28,29)20-9-6-7-18(2)17-20/h6-7,9-11,17,19H,3-5,8,12-16H2,1-2H3. The first-order valence-electron chi connectivity index (χ1n) is 10.9. The van der Waals surface area contributed by atoms with E-state index in [-0.39, 0.29) is 0 Å². The van der Waals surface area contributed by atoms with E-state index in [1.165, 1.54) is 19.3 Å². The van der Waals surface area contributed by atoms with Crippen molar-refractivity contribution in [2.75, 3.05) is 42.5 Å². The highest BCUT2D eigenvalue weighted by Crippen LogP contribution is 2.26. The molecule has 1 atom stereocenters. The van der Waals surface area contributed by atoms with Crippen molar-refractivity contribution in [2.24, 2.45) is 0 Å². The lowest BCUT2D eigenvalue weighted by atomic mass is 10.0. The number of benzene rings is 1. The second kappa shape index (κ2) is 8.89. The summed E-state index contributed by atoms with van der Waals surface area (Å²) in [5, 5.41) is 8.97. The number of aromatic nitrogens is 2. The number of piperidine rings is 1. The molecule has 0 N–H and O–H groups in total. The predicted octanol–water partition coefficient (Wildman–Crippen LogP) is 3.06. The molecule has 2 aliphatic heterocycles. The molecule has 4 rings (SSSR count). The summed E-state index contributed by atoms with van der Waals surface area (Å²) in [4.78, 5) is 4.87. The lowest BCUT2D eigenvalue weighted by Gasteiger charge is -2.36. The van der Waals surface area contributed by atoms with Crippen molar-refractivity contribution in [1.29, 1.82) is 0 Å². The van der Waals surface area contributed by atoms with E-state index in [2.05, 4.69) is 33.0 Å². The molecule has 1 aromatic carbocycles. The van der Waals surface area contributed by atoms with Gasteiger partial charge in [-0.3, -0.25) is 0 Å². The Kier molecular flexibility index (Phi) is 6.24. The van der Waals surface area contributed by atoms with E-state index in [0.717, 1.165) is 30.2 Å². The Hall–Kier alpha value is -2.19. The molecule has 0 spiro atoms. The molecule has 0 radical (unpaired) electrons. The van der Waals surface area contributed by atoms with E-state index in [0.29, 0.717) is 37.1 Å². The highest BCUT2D eigenvalue weighted by molar-refractivity contribution is 7.89. The number of nitrogens with zero attached hydrogens (tertiary/aromatic N) is 5. The Morgan fingerprint density at radius 3 is 2.37 bits per heavy atom. The van der Waals surface area contributed by atoms with Crippen LogP contribution >= 0.6 is 0 Å². The fourth-order valence-electron chi connectivity index (χ4n) is 4.45. The smallest absolute Gasteiger partial charge is 0.243 e. The molecule has 2 aromatic rings. The average Bonchev–Trinajstić information content (AvgIpc) is 2.79. The highest BCUT2D eigenvalue weighted by atomic mass is 32.2. The fourth-order valence-corrected chi connectivity index (χ4v) is 5.98. The van der Waals surface area contributed by atoms with Gasteiger partial charge in [-0.15, -0.1) is 10.2 Å². The van der Waals surface area contributed by atoms with Gasteiger partial charge in [0.25, 0.3) is 0 Å². The van der Waals surface area contributed by atoms with Crippen molar-refractivity contribution >= 4 is 21.7 Å². The van der Waals surface area contributed by atoms with Gasteiger partial charge in [-0.05, 0) is 62.4 Å². The number of piperazine rings is 1. The molecule has 2 aliphatic rings. The van der Waals surface area contributed by atoms with Gasteiger partial charge in [-0.25, -0.2) is 8.42 Å². The van der Waals surface area contributed by atoms with Crippen molar-refractivity contribution in [3.63, 3.8) is 0 Å². The maximum atomic E-state index is 12.9. The third-order valence-corrected chi connectivity index (χ3v) is 8.11. The number of rotatable bonds is 5. The monoisotopic (exact) mass is 429 g/mol. The third kappa shape index (κ3) is 4.30. The van der Waals surface area contributed by atoms with Gasteiger partial charge in [0.15, 0.2) is 11.6 Å². The zero-order valence-electron chi connectivity index (χ0n) is 17.9. The predicted molar refractivity (Wildman–Crippen MR) is 119 cm³/mol. The van der Waals surface area contributed by atoms with Gasteiger partial charge < -0.3 is 9.80 Å². The molecule has 0 amide bonds. The van der Waals surface area contributed by atoms with Crippen molar-refractivity contribution in [2.45, 2.75) is 50.5 Å². The van der Waals surface area contributed by atoms with Crippen LogP contribution in [-0.4, -0.2) is 61.7 Å². The highest BCUT2D eigenvalue weighted by Gasteiger charge is 2.29. The summed E-state index contributed by atoms with van der Waals surface area (Å²) in [6.07, 6.45) is 4.84. The molecule has 8 heteroatoms. The summed E-state index contributed by atoms with van der Waals surface area (Å²) in [5.41, 5.74) is 0.948. The molecule has 2 fully saturated rings. The molecule has 7 nitrogen and oxygen atoms in total. The SMILES string of the molecule is CCC1CCCCN1c1ccc(N2CCN(S(=O)(=O)c3cccc(C)c3)CC2)nn1. The first-order chi connectivity index (χ1) is 14.5. The van der Waals surface area contributed by atoms with Gasteiger partial charge in [0, 0.05) is 38.8 Å². The van der Waals surface area contributed by atoms with E-state index < -0.39 is 10.0 Å². The van der Waals surface area contributed by atoms with Gasteiger partial charge in [0.1, 0.15) is 0 Å². The lowest BCUT2D eigenvalue weighted by molar-refractivity contribution is 0.383. The fraction of sp³-hybridized carbons (Fsp3) is 0.545. The van der Waals surface area contributed by atoms with E-state index in [1.54, 1.807) is 22.5 Å². The normalized spacial score (nSPS) is 21.1. The van der Waals surface area contributed by atoms with Crippen molar-refractivity contribution < 1.29 is 8.42 Å². The van der Waals surface area contributed by atoms with E-state index >= 15 is 0 Å². The van der Waals surface area contributed by atoms with Crippen LogP contribution in [0, 0.1) is 6.92 Å². The Bertz CT molecular complexity index is 956. The number of hydrogen-bond donors (Lipinski definition) is 0. The number of hydrogen-bond acceptors (Lipinski definition) is 6. The van der Waals surface area contributed by atoms with Gasteiger partial charge in [0.2, 0.25) is 10.0 Å². The maximum Gasteiger partial charge on any atom is 0.243 e. The van der Waals surface area contributed by atoms with Gasteiger partial charge in [0.05, 0.1) is 4.90 Å². The Labute approximate surface area is 179 Å². The number of anilines is 2. The third-order valence-electron chi connectivity index (χ3n) is 6.22. The molecule has 3 heterocycles. The Balaban J connectivity index is 1.40. The second-order valence-electron chi connectivity index (χ2n) is 8.21. The molecule has 0 bridgehead atoms. The van der Waals surface area contributed by atoms with Crippen molar-refractivity contribution in [1.82, 2.24) is 14.5 Å². The largest absolute Gasteiger partial charge is 0.352 e. The summed E-state index contributed by atoms with van der Waals surface area (Å²) in [5.74, 6) is 1.77. The Morgan fingerprint density at radius 2 is 1.70 bits per heavy atom. The summed E-state index contributed by atoms with van der Waals surface area (Å²) >= 11 is 0. The van der Waals surface area contributed by atoms with E-state index in [4.69, 9.17) is 0 Å². The molecular formula is C22H31N5O2S. The summed E-state index contributed by atoms with van der Waals surface area (Å²) in [6, 6.07) is 11.7. The molecule has 162 valence electrons. The zero-order valence-corrected chi connectivity index (χ0v) is 18.7. The minimum absolute atomic E-state index is 0.368. The summed E-state index contributed by atoms with van der Waals surface area (Å²) in [6.45, 7) is 7.30. The zero-order chi connectivity index (χ0) is 21.1. The van der Waals surface area contributed by atoms with E-state index in [1.807, 2.05) is 19.1 Å². The summed E-state index contributed by atoms with van der Waals surface area (Å²) < 4.78 is 27.4. The Morgan fingerprint density at radius 1 is 0.967 bits per heavy atom. The molecular weight excluding hydrogens is 398 g/mol. The lowest BCUT2D eigenvalue weighted by Crippen LogP contribution is -2.49. The van der Waals surface area contributed by atoms with Crippen molar-refractivity contribution in [3.8, 4) is 0 Å². The topological polar surface area (TPSA) is 69.6 Å². The van der Waals surface area contributed by atoms with Crippen LogP contribution < -0.4 is 9.80 Å². The van der Waals surface area contributed by atoms with Crippen LogP contribution in [0.3, 0.4) is 0 Å². The number of sulfonamides is 1. The molecule has 1 unspecified atom stereocenters. The summed E-state index contributed by atoms with van der Waals surface area (Å²) in [7, 11) is -3.46. The van der Waals surface area contributed by atoms with Crippen LogP contribution in [0.5, 0.6) is 0 Å². The molecule has 0 saturated carbocycles. The molecule has 0 aliphatic carbocycles. The minimum atomic E-state index is -3.46. The average molecular weight is 430 g/mol. The molecule has 2 saturated heterocycles. The van der Waals surface area contributed by atoms with Gasteiger partial charge in [-0.1, -0.05) is 19.1 Å². The minimum Gasteiger partial charge on any atom is -0.352 e. The first kappa shape index (κ1) is 21.1. The van der Waals surface area contributed by atoms with Crippen molar-refractivity contribution in [3.05, 3.63) is 42.0 Å². The van der Waals surface area contributed by atoms with Gasteiger partial charge >= 0.3 is 0 Å². The van der Waals surface area contributed by atoms with Crippen LogP contribution in [0.2, 0.25) is 0 Å². The van der Waals surface area contributed by atoms with Crippen LogP contribution in [0.15, 0.2) is 41.3 Å². The van der Waals surface area contributed by atoms with Crippen LogP contribution in [0.25, 0.3) is 0 Å².